The highest BCUT2D eigenvalue weighted by Gasteiger charge is 2.25. The van der Waals surface area contributed by atoms with E-state index in [0.717, 1.165) is 0 Å². The minimum absolute atomic E-state index is 0.0679. The number of benzene rings is 2. The topological polar surface area (TPSA) is 162 Å². The van der Waals surface area contributed by atoms with Gasteiger partial charge in [-0.15, -0.1) is 0 Å². The van der Waals surface area contributed by atoms with Crippen molar-refractivity contribution in [1.82, 2.24) is 19.5 Å². The summed E-state index contributed by atoms with van der Waals surface area (Å²) in [6, 6.07) is 7.60. The highest BCUT2D eigenvalue weighted by atomic mass is 35.5. The molecule has 0 fully saturated rings. The molecule has 0 aliphatic carbocycles. The van der Waals surface area contributed by atoms with Crippen molar-refractivity contribution in [3.05, 3.63) is 69.5 Å². The van der Waals surface area contributed by atoms with Crippen LogP contribution < -0.4 is 14.4 Å². The Balaban J connectivity index is 1.41. The third kappa shape index (κ3) is 10.2. The second-order valence-electron chi connectivity index (χ2n) is 11.9. The van der Waals surface area contributed by atoms with Gasteiger partial charge in [0.1, 0.15) is 42.1 Å². The molecule has 15 nitrogen and oxygen atoms in total. The predicted octanol–water partition coefficient (Wildman–Crippen LogP) is 5.57. The fourth-order valence-corrected chi connectivity index (χ4v) is 4.84. The van der Waals surface area contributed by atoms with Crippen molar-refractivity contribution in [2.45, 2.75) is 45.9 Å². The van der Waals surface area contributed by atoms with Crippen molar-refractivity contribution in [2.75, 3.05) is 51.7 Å². The predicted molar refractivity (Wildman–Crippen MR) is 182 cm³/mol. The SMILES string of the molecule is COc1cc2ncnc(N(Cc3cnc([N+](=O)[O-])n3C)c3ccc(F)c(Cl)c3)c2cc1OCCOCCOCCOC(C)C(=O)OC(C)(C)C. The lowest BCUT2D eigenvalue weighted by atomic mass is 10.1. The van der Waals surface area contributed by atoms with Gasteiger partial charge in [-0.2, -0.15) is 0 Å². The number of halogens is 2. The van der Waals surface area contributed by atoms with Crippen LogP contribution in [0.5, 0.6) is 11.5 Å². The Morgan fingerprint density at radius 3 is 2.38 bits per heavy atom. The van der Waals surface area contributed by atoms with Gasteiger partial charge in [0.25, 0.3) is 0 Å². The van der Waals surface area contributed by atoms with Gasteiger partial charge in [-0.05, 0) is 56.9 Å². The van der Waals surface area contributed by atoms with E-state index in [4.69, 9.17) is 40.0 Å². The van der Waals surface area contributed by atoms with Gasteiger partial charge >= 0.3 is 11.9 Å². The zero-order valence-electron chi connectivity index (χ0n) is 28.7. The van der Waals surface area contributed by atoms with E-state index in [1.54, 1.807) is 44.7 Å². The van der Waals surface area contributed by atoms with Gasteiger partial charge in [-0.1, -0.05) is 16.6 Å². The smallest absolute Gasteiger partial charge is 0.434 e. The minimum Gasteiger partial charge on any atom is -0.493 e. The number of carbonyl (C=O) groups excluding carboxylic acids is 1. The molecule has 0 bridgehead atoms. The summed E-state index contributed by atoms with van der Waals surface area (Å²) < 4.78 is 49.0. The van der Waals surface area contributed by atoms with Crippen LogP contribution in [-0.4, -0.2) is 88.9 Å². The summed E-state index contributed by atoms with van der Waals surface area (Å²) >= 11 is 6.15. The van der Waals surface area contributed by atoms with Crippen LogP contribution in [0.25, 0.3) is 10.9 Å². The summed E-state index contributed by atoms with van der Waals surface area (Å²) in [5.41, 5.74) is 0.891. The van der Waals surface area contributed by atoms with E-state index in [1.807, 2.05) is 0 Å². The maximum absolute atomic E-state index is 14.2. The van der Waals surface area contributed by atoms with Crippen LogP contribution >= 0.6 is 11.6 Å². The molecule has 17 heteroatoms. The maximum atomic E-state index is 14.2. The summed E-state index contributed by atoms with van der Waals surface area (Å²) in [5, 5.41) is 11.9. The quantitative estimate of drug-likeness (QED) is 0.0544. The molecule has 1 atom stereocenters. The van der Waals surface area contributed by atoms with Crippen LogP contribution in [0.2, 0.25) is 5.02 Å². The lowest BCUT2D eigenvalue weighted by Gasteiger charge is -2.25. The molecule has 0 aliphatic rings. The van der Waals surface area contributed by atoms with E-state index < -0.39 is 28.4 Å². The maximum Gasteiger partial charge on any atom is 0.434 e. The second-order valence-corrected chi connectivity index (χ2v) is 12.3. The van der Waals surface area contributed by atoms with E-state index in [-0.39, 0.29) is 43.9 Å². The summed E-state index contributed by atoms with van der Waals surface area (Å²) in [4.78, 5) is 37.4. The summed E-state index contributed by atoms with van der Waals surface area (Å²) in [6.07, 6.45) is 2.06. The van der Waals surface area contributed by atoms with Crippen LogP contribution in [0.15, 0.2) is 42.9 Å². The number of rotatable bonds is 18. The molecular weight excluding hydrogens is 679 g/mol. The second kappa shape index (κ2) is 17.3. The molecule has 0 aliphatic heterocycles. The number of anilines is 2. The Morgan fingerprint density at radius 1 is 1.04 bits per heavy atom. The van der Waals surface area contributed by atoms with Gasteiger partial charge in [0.05, 0.1) is 64.3 Å². The van der Waals surface area contributed by atoms with Gasteiger partial charge in [-0.3, -0.25) is 0 Å². The minimum atomic E-state index is -0.699. The van der Waals surface area contributed by atoms with E-state index in [9.17, 15) is 19.3 Å². The molecule has 1 unspecified atom stereocenters. The number of imidazole rings is 1. The van der Waals surface area contributed by atoms with Crippen molar-refractivity contribution < 1.29 is 42.5 Å². The number of carbonyl (C=O) groups is 1. The molecule has 0 saturated heterocycles. The molecule has 2 heterocycles. The van der Waals surface area contributed by atoms with Crippen molar-refractivity contribution in [3.63, 3.8) is 0 Å². The van der Waals surface area contributed by atoms with Crippen LogP contribution in [0.3, 0.4) is 0 Å². The standard InChI is InChI=1S/C33H40ClFN6O9/c1-21(31(42)50-33(2,3)4)48-13-11-46-9-10-47-12-14-49-29-16-24-27(17-28(29)45-6)37-20-38-30(24)40(22-7-8-26(35)25(34)15-22)19-23-18-36-32(39(23)5)41(43)44/h7-8,15-18,20-21H,9-14,19H2,1-6H3. The van der Waals surface area contributed by atoms with Gasteiger partial charge in [-0.25, -0.2) is 23.7 Å². The fourth-order valence-electron chi connectivity index (χ4n) is 4.66. The van der Waals surface area contributed by atoms with Crippen molar-refractivity contribution >= 4 is 45.9 Å². The molecule has 0 spiro atoms. The molecule has 0 saturated carbocycles. The van der Waals surface area contributed by atoms with E-state index in [0.29, 0.717) is 52.8 Å². The van der Waals surface area contributed by atoms with Gasteiger partial charge in [0, 0.05) is 17.1 Å². The van der Waals surface area contributed by atoms with E-state index in [2.05, 4.69) is 15.0 Å². The summed E-state index contributed by atoms with van der Waals surface area (Å²) in [5.74, 6) is -0.164. The molecule has 2 aromatic carbocycles. The van der Waals surface area contributed by atoms with Gasteiger partial charge in [0.2, 0.25) is 0 Å². The van der Waals surface area contributed by atoms with Crippen molar-refractivity contribution in [1.29, 1.82) is 0 Å². The average molecular weight is 719 g/mol. The number of aromatic nitrogens is 4. The Kier molecular flexibility index (Phi) is 13.2. The third-order valence-corrected chi connectivity index (χ3v) is 7.39. The van der Waals surface area contributed by atoms with Gasteiger partial charge in [0.15, 0.2) is 17.6 Å². The highest BCUT2D eigenvalue weighted by Crippen LogP contribution is 2.38. The van der Waals surface area contributed by atoms with Gasteiger partial charge < -0.3 is 43.4 Å². The molecule has 2 aromatic heterocycles. The first-order valence-corrected chi connectivity index (χ1v) is 16.0. The van der Waals surface area contributed by atoms with Crippen molar-refractivity contribution in [3.8, 4) is 11.5 Å². The molecule has 0 radical (unpaired) electrons. The summed E-state index contributed by atoms with van der Waals surface area (Å²) in [6.45, 7) is 8.63. The number of methoxy groups -OCH3 is 1. The molecule has 4 aromatic rings. The molecule has 0 N–H and O–H groups in total. The highest BCUT2D eigenvalue weighted by molar-refractivity contribution is 6.31. The number of ether oxygens (including phenoxy) is 6. The number of esters is 1. The fraction of sp³-hybridized carbons (Fsp3) is 0.455. The largest absolute Gasteiger partial charge is 0.493 e. The van der Waals surface area contributed by atoms with E-state index in [1.165, 1.54) is 49.4 Å². The Hall–Kier alpha value is -4.64. The third-order valence-electron chi connectivity index (χ3n) is 7.10. The number of fused-ring (bicyclic) bond motifs is 1. The first-order chi connectivity index (χ1) is 23.8. The van der Waals surface area contributed by atoms with Crippen LogP contribution in [0.4, 0.5) is 21.8 Å². The number of nitro groups is 1. The molecule has 270 valence electrons. The molecular formula is C33H40ClFN6O9. The summed E-state index contributed by atoms with van der Waals surface area (Å²) in [7, 11) is 3.04. The van der Waals surface area contributed by atoms with Crippen molar-refractivity contribution in [2.24, 2.45) is 7.05 Å². The first-order valence-electron chi connectivity index (χ1n) is 15.6. The average Bonchev–Trinajstić information content (AvgIpc) is 3.44. The first kappa shape index (κ1) is 38.2. The zero-order chi connectivity index (χ0) is 36.4. The number of nitrogens with zero attached hydrogens (tertiary/aromatic N) is 6. The number of hydrogen-bond acceptors (Lipinski definition) is 13. The van der Waals surface area contributed by atoms with Crippen LogP contribution in [0.1, 0.15) is 33.4 Å². The van der Waals surface area contributed by atoms with E-state index >= 15 is 0 Å². The monoisotopic (exact) mass is 718 g/mol. The zero-order valence-corrected chi connectivity index (χ0v) is 29.4. The van der Waals surface area contributed by atoms with Crippen LogP contribution in [-0.2, 0) is 37.3 Å². The Morgan fingerprint density at radius 2 is 1.74 bits per heavy atom. The van der Waals surface area contributed by atoms with Crippen LogP contribution in [0, 0.1) is 15.9 Å². The Bertz CT molecular complexity index is 1780. The molecule has 50 heavy (non-hydrogen) atoms. The Labute approximate surface area is 293 Å². The molecule has 0 amide bonds. The molecule has 4 rings (SSSR count). The lowest BCUT2D eigenvalue weighted by molar-refractivity contribution is -0.396. The lowest BCUT2D eigenvalue weighted by Crippen LogP contribution is -2.32. The number of hydrogen-bond donors (Lipinski definition) is 0. The normalized spacial score (nSPS) is 12.2.